The molecule has 1 atom stereocenters. The number of aromatic nitrogens is 1. The van der Waals surface area contributed by atoms with Crippen LogP contribution in [0.1, 0.15) is 12.5 Å². The summed E-state index contributed by atoms with van der Waals surface area (Å²) < 4.78 is 0. The number of pyridine rings is 1. The average Bonchev–Trinajstić information content (AvgIpc) is 2.29. The van der Waals surface area contributed by atoms with Gasteiger partial charge in [-0.1, -0.05) is 0 Å². The molecule has 0 aliphatic rings. The van der Waals surface area contributed by atoms with Crippen LogP contribution in [0.4, 0.5) is 5.82 Å². The summed E-state index contributed by atoms with van der Waals surface area (Å²) in [4.78, 5) is 11.9. The number of hydrogen-bond acceptors (Lipinski definition) is 4. The molecule has 1 aromatic rings. The van der Waals surface area contributed by atoms with E-state index in [1.54, 1.807) is 19.1 Å². The number of nitrogens with two attached hydrogens (primary N) is 2. The Morgan fingerprint density at radius 1 is 1.62 bits per heavy atom. The highest BCUT2D eigenvalue weighted by molar-refractivity contribution is 5.94. The molecular weight excluding hydrogens is 204 g/mol. The predicted octanol–water partition coefficient (Wildman–Crippen LogP) is 0.317. The van der Waals surface area contributed by atoms with Gasteiger partial charge in [0.1, 0.15) is 11.9 Å². The second-order valence-corrected chi connectivity index (χ2v) is 3.05. The standard InChI is InChI=1S/C10H12N6/c1-7(13)10(15-6-12)16-9-3-2-8(4-11)5-14-9/h2-3,5-7H,13H2,1H3,(H2,12,14,15,16). The van der Waals surface area contributed by atoms with Crippen molar-refractivity contribution in [1.29, 1.82) is 5.26 Å². The summed E-state index contributed by atoms with van der Waals surface area (Å²) in [5.41, 5.74) is 11.3. The van der Waals surface area contributed by atoms with Crippen molar-refractivity contribution in [3.8, 4) is 6.07 Å². The van der Waals surface area contributed by atoms with Gasteiger partial charge < -0.3 is 11.5 Å². The van der Waals surface area contributed by atoms with E-state index >= 15 is 0 Å². The van der Waals surface area contributed by atoms with E-state index in [-0.39, 0.29) is 6.04 Å². The molecular formula is C10H12N6. The summed E-state index contributed by atoms with van der Waals surface area (Å²) in [5.74, 6) is 0.830. The first-order chi connectivity index (χ1) is 7.67. The Hall–Kier alpha value is -2.26. The van der Waals surface area contributed by atoms with Crippen LogP contribution in [0, 0.1) is 11.3 Å². The van der Waals surface area contributed by atoms with Gasteiger partial charge in [-0.2, -0.15) is 5.26 Å². The largest absolute Gasteiger partial charge is 0.390 e. The summed E-state index contributed by atoms with van der Waals surface area (Å²) in [6.45, 7) is 1.75. The van der Waals surface area contributed by atoms with Crippen LogP contribution in [0.5, 0.6) is 0 Å². The first-order valence-corrected chi connectivity index (χ1v) is 4.62. The number of amidine groups is 1. The monoisotopic (exact) mass is 216 g/mol. The van der Waals surface area contributed by atoms with E-state index in [9.17, 15) is 0 Å². The highest BCUT2D eigenvalue weighted by Gasteiger charge is 2.03. The van der Waals surface area contributed by atoms with Gasteiger partial charge in [-0.25, -0.2) is 15.0 Å². The van der Waals surface area contributed by atoms with Crippen molar-refractivity contribution in [1.82, 2.24) is 4.98 Å². The topological polar surface area (TPSA) is 113 Å². The Morgan fingerprint density at radius 3 is 2.81 bits per heavy atom. The lowest BCUT2D eigenvalue weighted by molar-refractivity contribution is 0.958. The third-order valence-corrected chi connectivity index (χ3v) is 1.72. The Morgan fingerprint density at radius 2 is 2.38 bits per heavy atom. The molecule has 16 heavy (non-hydrogen) atoms. The lowest BCUT2D eigenvalue weighted by Crippen LogP contribution is -2.25. The van der Waals surface area contributed by atoms with Crippen molar-refractivity contribution in [2.45, 2.75) is 13.0 Å². The zero-order valence-electron chi connectivity index (χ0n) is 8.83. The molecule has 82 valence electrons. The number of nitriles is 1. The lowest BCUT2D eigenvalue weighted by atomic mass is 10.3. The van der Waals surface area contributed by atoms with Crippen molar-refractivity contribution in [3.63, 3.8) is 0 Å². The van der Waals surface area contributed by atoms with E-state index in [1.807, 2.05) is 6.07 Å². The van der Waals surface area contributed by atoms with Crippen LogP contribution in [0.15, 0.2) is 28.3 Å². The minimum atomic E-state index is -0.336. The molecule has 0 bridgehead atoms. The summed E-state index contributed by atoms with van der Waals surface area (Å²) in [5, 5.41) is 8.60. The third-order valence-electron chi connectivity index (χ3n) is 1.72. The van der Waals surface area contributed by atoms with Gasteiger partial charge in [-0.05, 0) is 19.1 Å². The Labute approximate surface area is 93.3 Å². The van der Waals surface area contributed by atoms with E-state index in [0.29, 0.717) is 17.2 Å². The second-order valence-electron chi connectivity index (χ2n) is 3.05. The zero-order chi connectivity index (χ0) is 12.0. The molecule has 1 heterocycles. The van der Waals surface area contributed by atoms with Crippen molar-refractivity contribution >= 4 is 18.0 Å². The molecule has 0 aliphatic heterocycles. The fraction of sp³-hybridized carbons (Fsp3) is 0.200. The van der Waals surface area contributed by atoms with Crippen LogP contribution in [0.2, 0.25) is 0 Å². The molecule has 0 radical (unpaired) electrons. The zero-order valence-corrected chi connectivity index (χ0v) is 8.83. The second kappa shape index (κ2) is 5.58. The molecule has 0 saturated heterocycles. The van der Waals surface area contributed by atoms with E-state index in [4.69, 9.17) is 16.7 Å². The van der Waals surface area contributed by atoms with Gasteiger partial charge in [0.15, 0.2) is 5.82 Å². The Bertz CT molecular complexity index is 437. The number of aliphatic imine (C=N–C) groups is 2. The van der Waals surface area contributed by atoms with Gasteiger partial charge in [-0.15, -0.1) is 0 Å². The highest BCUT2D eigenvalue weighted by Crippen LogP contribution is 2.09. The van der Waals surface area contributed by atoms with Gasteiger partial charge >= 0.3 is 0 Å². The van der Waals surface area contributed by atoms with Crippen LogP contribution >= 0.6 is 0 Å². The fourth-order valence-corrected chi connectivity index (χ4v) is 0.960. The highest BCUT2D eigenvalue weighted by atomic mass is 15.0. The van der Waals surface area contributed by atoms with E-state index in [2.05, 4.69) is 15.0 Å². The Kier molecular flexibility index (Phi) is 4.12. The maximum atomic E-state index is 8.60. The fourth-order valence-electron chi connectivity index (χ4n) is 0.960. The average molecular weight is 216 g/mol. The molecule has 0 spiro atoms. The van der Waals surface area contributed by atoms with Crippen LogP contribution in [0.3, 0.4) is 0 Å². The minimum Gasteiger partial charge on any atom is -0.390 e. The third kappa shape index (κ3) is 3.15. The van der Waals surface area contributed by atoms with E-state index in [1.165, 1.54) is 6.20 Å². The number of rotatable bonds is 2. The molecule has 4 N–H and O–H groups in total. The van der Waals surface area contributed by atoms with Crippen molar-refractivity contribution < 1.29 is 0 Å². The molecule has 0 fully saturated rings. The summed E-state index contributed by atoms with van der Waals surface area (Å²) >= 11 is 0. The van der Waals surface area contributed by atoms with Crippen LogP contribution in [0.25, 0.3) is 0 Å². The summed E-state index contributed by atoms with van der Waals surface area (Å²) in [6.07, 6.45) is 2.57. The lowest BCUT2D eigenvalue weighted by Gasteiger charge is -2.03. The quantitative estimate of drug-likeness (QED) is 0.547. The molecule has 0 saturated carbocycles. The molecule has 0 aromatic carbocycles. The maximum Gasteiger partial charge on any atom is 0.154 e. The van der Waals surface area contributed by atoms with E-state index < -0.39 is 0 Å². The van der Waals surface area contributed by atoms with Gasteiger partial charge in [0.2, 0.25) is 0 Å². The first-order valence-electron chi connectivity index (χ1n) is 4.62. The maximum absolute atomic E-state index is 8.60. The number of hydrogen-bond donors (Lipinski definition) is 2. The predicted molar refractivity (Wildman–Crippen MR) is 62.4 cm³/mol. The van der Waals surface area contributed by atoms with E-state index in [0.717, 1.165) is 6.34 Å². The van der Waals surface area contributed by atoms with Crippen molar-refractivity contribution in [2.24, 2.45) is 21.5 Å². The van der Waals surface area contributed by atoms with Crippen LogP contribution < -0.4 is 11.5 Å². The number of nitrogens with zero attached hydrogens (tertiary/aromatic N) is 4. The van der Waals surface area contributed by atoms with Gasteiger partial charge in [-0.3, -0.25) is 0 Å². The van der Waals surface area contributed by atoms with Gasteiger partial charge in [0.05, 0.1) is 17.9 Å². The molecule has 6 nitrogen and oxygen atoms in total. The normalized spacial score (nSPS) is 13.7. The smallest absolute Gasteiger partial charge is 0.154 e. The van der Waals surface area contributed by atoms with Crippen molar-refractivity contribution in [2.75, 3.05) is 0 Å². The minimum absolute atomic E-state index is 0.336. The molecule has 1 rings (SSSR count). The van der Waals surface area contributed by atoms with Crippen LogP contribution in [-0.2, 0) is 0 Å². The van der Waals surface area contributed by atoms with Gasteiger partial charge in [0, 0.05) is 6.20 Å². The molecule has 0 aliphatic carbocycles. The van der Waals surface area contributed by atoms with Crippen molar-refractivity contribution in [3.05, 3.63) is 23.9 Å². The van der Waals surface area contributed by atoms with Gasteiger partial charge in [0.25, 0.3) is 0 Å². The molecule has 6 heteroatoms. The van der Waals surface area contributed by atoms with Crippen LogP contribution in [-0.4, -0.2) is 23.2 Å². The molecule has 1 unspecified atom stereocenters. The molecule has 1 aromatic heterocycles. The first kappa shape index (κ1) is 11.8. The summed E-state index contributed by atoms with van der Waals surface area (Å²) in [7, 11) is 0. The SMILES string of the molecule is CC(N)C(N=CN)=Nc1ccc(C#N)cn1. The summed E-state index contributed by atoms with van der Waals surface area (Å²) in [6, 6.07) is 4.87. The Balaban J connectivity index is 3.00. The molecule has 0 amide bonds.